The van der Waals surface area contributed by atoms with Crippen LogP contribution in [-0.2, 0) is 22.4 Å². The molecule has 1 aliphatic carbocycles. The molecule has 0 saturated heterocycles. The molecule has 196 valence electrons. The number of hydrogen-bond acceptors (Lipinski definition) is 8. The van der Waals surface area contributed by atoms with E-state index in [-0.39, 0.29) is 48.5 Å². The van der Waals surface area contributed by atoms with Crippen molar-refractivity contribution in [1.82, 2.24) is 4.98 Å². The lowest BCUT2D eigenvalue weighted by Gasteiger charge is -2.25. The third-order valence-corrected chi connectivity index (χ3v) is 7.20. The van der Waals surface area contributed by atoms with Crippen LogP contribution in [0.1, 0.15) is 64.2 Å². The first-order chi connectivity index (χ1) is 17.9. The Kier molecular flexibility index (Phi) is 6.16. The summed E-state index contributed by atoms with van der Waals surface area (Å²) in [5, 5.41) is 11.5. The summed E-state index contributed by atoms with van der Waals surface area (Å²) in [4.78, 5) is 41.9. The van der Waals surface area contributed by atoms with Gasteiger partial charge in [-0.25, -0.2) is 9.37 Å². The van der Waals surface area contributed by atoms with E-state index in [1.54, 1.807) is 25.1 Å². The average molecular weight is 519 g/mol. The van der Waals surface area contributed by atoms with Gasteiger partial charge < -0.3 is 20.3 Å². The number of fused-ring (bicyclic) bond motifs is 2. The molecular formula is C29H27FN2O6. The van der Waals surface area contributed by atoms with Crippen molar-refractivity contribution in [2.75, 3.05) is 13.7 Å². The second-order valence-electron chi connectivity index (χ2n) is 10.3. The summed E-state index contributed by atoms with van der Waals surface area (Å²) in [6, 6.07) is 10.4. The summed E-state index contributed by atoms with van der Waals surface area (Å²) in [7, 11) is 1.41. The van der Waals surface area contributed by atoms with Gasteiger partial charge in [-0.2, -0.15) is 0 Å². The standard InChI is InChI=1S/C29H27FN2O6/c1-28(31)14-38-27-20(28)13-24(32-25(27)15-4-6-17(30)7-5-15)29(2,36)9-8-21(33)16-10-19-18(23(11-16)37-3)12-22(34)26(19)35/h4-7,10-11,13,36H,8-9,12,14,31H2,1-3H3. The van der Waals surface area contributed by atoms with Gasteiger partial charge in [0.2, 0.25) is 11.6 Å². The van der Waals surface area contributed by atoms with E-state index in [4.69, 9.17) is 15.2 Å². The van der Waals surface area contributed by atoms with E-state index in [2.05, 4.69) is 4.98 Å². The van der Waals surface area contributed by atoms with E-state index in [0.29, 0.717) is 33.9 Å². The molecule has 38 heavy (non-hydrogen) atoms. The van der Waals surface area contributed by atoms with E-state index in [1.807, 2.05) is 6.92 Å². The maximum absolute atomic E-state index is 13.6. The number of carbonyl (C=O) groups is 3. The Balaban J connectivity index is 1.45. The largest absolute Gasteiger partial charge is 0.496 e. The number of Topliss-reactive ketones (excluding diaryl/α,β-unsaturated/α-hetero) is 3. The Labute approximate surface area is 218 Å². The molecule has 1 aromatic heterocycles. The molecule has 1 aliphatic heterocycles. The van der Waals surface area contributed by atoms with Crippen molar-refractivity contribution in [3.63, 3.8) is 0 Å². The minimum absolute atomic E-state index is 0.00883. The lowest BCUT2D eigenvalue weighted by Crippen LogP contribution is -2.35. The van der Waals surface area contributed by atoms with Gasteiger partial charge in [-0.15, -0.1) is 0 Å². The van der Waals surface area contributed by atoms with Crippen molar-refractivity contribution in [2.24, 2.45) is 5.73 Å². The fraction of sp³-hybridized carbons (Fsp3) is 0.310. The summed E-state index contributed by atoms with van der Waals surface area (Å²) in [5.41, 5.74) is 6.92. The zero-order valence-corrected chi connectivity index (χ0v) is 21.3. The van der Waals surface area contributed by atoms with Crippen molar-refractivity contribution in [2.45, 2.75) is 44.2 Å². The van der Waals surface area contributed by atoms with Crippen LogP contribution in [0.2, 0.25) is 0 Å². The Morgan fingerprint density at radius 1 is 1.24 bits per heavy atom. The van der Waals surface area contributed by atoms with Crippen LogP contribution in [0.4, 0.5) is 4.39 Å². The normalized spacial score (nSPS) is 19.5. The zero-order valence-electron chi connectivity index (χ0n) is 21.3. The minimum atomic E-state index is -1.54. The van der Waals surface area contributed by atoms with Crippen molar-refractivity contribution >= 4 is 17.3 Å². The molecule has 8 nitrogen and oxygen atoms in total. The highest BCUT2D eigenvalue weighted by atomic mass is 19.1. The third kappa shape index (κ3) is 4.37. The predicted octanol–water partition coefficient (Wildman–Crippen LogP) is 3.64. The highest BCUT2D eigenvalue weighted by Crippen LogP contribution is 2.44. The van der Waals surface area contributed by atoms with Gasteiger partial charge >= 0.3 is 0 Å². The Hall–Kier alpha value is -3.95. The molecule has 0 radical (unpaired) electrons. The third-order valence-electron chi connectivity index (χ3n) is 7.20. The van der Waals surface area contributed by atoms with E-state index < -0.39 is 28.5 Å². The van der Waals surface area contributed by atoms with Crippen LogP contribution in [0.5, 0.6) is 11.5 Å². The summed E-state index contributed by atoms with van der Waals surface area (Å²) in [6.07, 6.45) is -0.113. The fourth-order valence-electron chi connectivity index (χ4n) is 4.88. The molecule has 2 aliphatic rings. The van der Waals surface area contributed by atoms with Gasteiger partial charge in [0.1, 0.15) is 29.5 Å². The van der Waals surface area contributed by atoms with Gasteiger partial charge in [0, 0.05) is 40.7 Å². The SMILES string of the molecule is COc1cc(C(=O)CCC(C)(O)c2cc3c(c(-c4ccc(F)cc4)n2)OCC3(C)N)cc2c1CC(=O)C2=O. The number of aliphatic hydroxyl groups is 1. The first-order valence-electron chi connectivity index (χ1n) is 12.2. The molecular weight excluding hydrogens is 491 g/mol. The van der Waals surface area contributed by atoms with Crippen LogP contribution in [0.25, 0.3) is 11.3 Å². The van der Waals surface area contributed by atoms with Crippen molar-refractivity contribution in [1.29, 1.82) is 0 Å². The van der Waals surface area contributed by atoms with Crippen LogP contribution in [0, 0.1) is 5.82 Å². The number of ketones is 3. The molecule has 2 aromatic carbocycles. The Morgan fingerprint density at radius 3 is 2.63 bits per heavy atom. The number of rotatable bonds is 7. The first-order valence-corrected chi connectivity index (χ1v) is 12.2. The van der Waals surface area contributed by atoms with Crippen LogP contribution in [-0.4, -0.2) is 41.2 Å². The van der Waals surface area contributed by atoms with Gasteiger partial charge in [0.15, 0.2) is 11.5 Å². The van der Waals surface area contributed by atoms with E-state index in [1.165, 1.54) is 31.4 Å². The zero-order chi connectivity index (χ0) is 27.4. The molecule has 2 heterocycles. The first kappa shape index (κ1) is 25.7. The molecule has 3 N–H and O–H groups in total. The van der Waals surface area contributed by atoms with Gasteiger partial charge in [0.05, 0.1) is 18.3 Å². The van der Waals surface area contributed by atoms with Crippen molar-refractivity contribution in [3.8, 4) is 22.8 Å². The monoisotopic (exact) mass is 518 g/mol. The maximum Gasteiger partial charge on any atom is 0.229 e. The molecule has 0 bridgehead atoms. The molecule has 9 heteroatoms. The molecule has 0 spiro atoms. The number of hydrogen-bond donors (Lipinski definition) is 2. The lowest BCUT2D eigenvalue weighted by molar-refractivity contribution is -0.114. The van der Waals surface area contributed by atoms with E-state index in [9.17, 15) is 23.9 Å². The molecule has 0 saturated carbocycles. The number of methoxy groups -OCH3 is 1. The Morgan fingerprint density at radius 2 is 1.95 bits per heavy atom. The predicted molar refractivity (Wildman–Crippen MR) is 136 cm³/mol. The number of nitrogens with two attached hydrogens (primary N) is 1. The average Bonchev–Trinajstić information content (AvgIpc) is 3.36. The number of halogens is 1. The minimum Gasteiger partial charge on any atom is -0.496 e. The highest BCUT2D eigenvalue weighted by molar-refractivity contribution is 6.47. The number of nitrogens with zero attached hydrogens (tertiary/aromatic N) is 1. The van der Waals surface area contributed by atoms with Crippen molar-refractivity contribution < 1.29 is 33.4 Å². The van der Waals surface area contributed by atoms with E-state index >= 15 is 0 Å². The van der Waals surface area contributed by atoms with Crippen LogP contribution >= 0.6 is 0 Å². The second-order valence-corrected chi connectivity index (χ2v) is 10.3. The van der Waals surface area contributed by atoms with Crippen LogP contribution in [0.15, 0.2) is 42.5 Å². The lowest BCUT2D eigenvalue weighted by atomic mass is 9.87. The van der Waals surface area contributed by atoms with Crippen LogP contribution in [0.3, 0.4) is 0 Å². The quantitative estimate of drug-likeness (QED) is 0.358. The fourth-order valence-corrected chi connectivity index (χ4v) is 4.88. The summed E-state index contributed by atoms with van der Waals surface area (Å²) in [5.74, 6) is -1.12. The topological polar surface area (TPSA) is 129 Å². The number of carbonyl (C=O) groups excluding carboxylic acids is 3. The molecule has 2 atom stereocenters. The Bertz CT molecular complexity index is 1490. The number of aromatic nitrogens is 1. The van der Waals surface area contributed by atoms with Gasteiger partial charge in [-0.05, 0) is 62.7 Å². The summed E-state index contributed by atoms with van der Waals surface area (Å²) in [6.45, 7) is 3.57. The van der Waals surface area contributed by atoms with Gasteiger partial charge in [-0.1, -0.05) is 0 Å². The molecule has 0 fully saturated rings. The second kappa shape index (κ2) is 9.11. The molecule has 2 unspecified atom stereocenters. The number of pyridine rings is 1. The van der Waals surface area contributed by atoms with Crippen LogP contribution < -0.4 is 15.2 Å². The van der Waals surface area contributed by atoms with E-state index in [0.717, 1.165) is 0 Å². The smallest absolute Gasteiger partial charge is 0.229 e. The van der Waals surface area contributed by atoms with Gasteiger partial charge in [-0.3, -0.25) is 14.4 Å². The van der Waals surface area contributed by atoms with Gasteiger partial charge in [0.25, 0.3) is 0 Å². The summed E-state index contributed by atoms with van der Waals surface area (Å²) < 4.78 is 24.7. The maximum atomic E-state index is 13.6. The number of benzene rings is 2. The molecule has 5 rings (SSSR count). The number of ether oxygens (including phenoxy) is 2. The summed E-state index contributed by atoms with van der Waals surface area (Å²) >= 11 is 0. The molecule has 3 aromatic rings. The highest BCUT2D eigenvalue weighted by Gasteiger charge is 2.38. The van der Waals surface area contributed by atoms with Crippen molar-refractivity contribution in [3.05, 3.63) is 76.2 Å². The molecule has 0 amide bonds.